The predicted octanol–water partition coefficient (Wildman–Crippen LogP) is 2.55. The van der Waals surface area contributed by atoms with Crippen LogP contribution in [0.4, 0.5) is 0 Å². The van der Waals surface area contributed by atoms with Crippen LogP contribution in [0.1, 0.15) is 44.7 Å². The van der Waals surface area contributed by atoms with E-state index in [0.29, 0.717) is 0 Å². The van der Waals surface area contributed by atoms with Gasteiger partial charge in [0.05, 0.1) is 12.2 Å². The van der Waals surface area contributed by atoms with Gasteiger partial charge in [-0.2, -0.15) is 0 Å². The maximum atomic E-state index is 13.2. The second-order valence-electron chi connectivity index (χ2n) is 7.43. The summed E-state index contributed by atoms with van der Waals surface area (Å²) in [6.07, 6.45) is 4.07. The summed E-state index contributed by atoms with van der Waals surface area (Å²) in [5, 5.41) is 3.21. The van der Waals surface area contributed by atoms with E-state index in [1.165, 1.54) is 11.1 Å². The van der Waals surface area contributed by atoms with Crippen LogP contribution in [0.15, 0.2) is 24.3 Å². The molecule has 132 valence electrons. The van der Waals surface area contributed by atoms with Gasteiger partial charge in [0.1, 0.15) is 5.54 Å². The van der Waals surface area contributed by atoms with Crippen molar-refractivity contribution in [2.24, 2.45) is 0 Å². The molecule has 1 aromatic carbocycles. The van der Waals surface area contributed by atoms with Gasteiger partial charge in [-0.1, -0.05) is 37.6 Å². The second kappa shape index (κ2) is 7.24. The van der Waals surface area contributed by atoms with Crippen LogP contribution in [0.25, 0.3) is 0 Å². The van der Waals surface area contributed by atoms with E-state index < -0.39 is 5.54 Å². The van der Waals surface area contributed by atoms with E-state index in [1.54, 1.807) is 0 Å². The molecule has 0 spiro atoms. The SMILES string of the molecule is CCCCNC(=O)C1(N2C[C@@H](C)O[C@@H](C)C2)Cc2ccccc2C1. The molecular weight excluding hydrogens is 300 g/mol. The van der Waals surface area contributed by atoms with Crippen LogP contribution in [0.3, 0.4) is 0 Å². The first kappa shape index (κ1) is 17.4. The molecule has 1 heterocycles. The zero-order chi connectivity index (χ0) is 17.2. The lowest BCUT2D eigenvalue weighted by Crippen LogP contribution is -2.64. The van der Waals surface area contributed by atoms with Crippen molar-refractivity contribution in [1.82, 2.24) is 10.2 Å². The van der Waals surface area contributed by atoms with E-state index in [1.807, 2.05) is 0 Å². The highest BCUT2D eigenvalue weighted by atomic mass is 16.5. The number of morpholine rings is 1. The molecule has 1 fully saturated rings. The van der Waals surface area contributed by atoms with Crippen LogP contribution >= 0.6 is 0 Å². The van der Waals surface area contributed by atoms with Gasteiger partial charge < -0.3 is 10.1 Å². The molecule has 0 saturated carbocycles. The molecule has 1 N–H and O–H groups in total. The van der Waals surface area contributed by atoms with E-state index in [-0.39, 0.29) is 18.1 Å². The van der Waals surface area contributed by atoms with Gasteiger partial charge in [-0.15, -0.1) is 0 Å². The van der Waals surface area contributed by atoms with E-state index >= 15 is 0 Å². The van der Waals surface area contributed by atoms with Crippen LogP contribution in [0.2, 0.25) is 0 Å². The van der Waals surface area contributed by atoms with Crippen molar-refractivity contribution < 1.29 is 9.53 Å². The minimum atomic E-state index is -0.455. The topological polar surface area (TPSA) is 41.6 Å². The molecule has 4 nitrogen and oxygen atoms in total. The Bertz CT molecular complexity index is 552. The van der Waals surface area contributed by atoms with Gasteiger partial charge in [-0.25, -0.2) is 0 Å². The molecule has 1 aliphatic carbocycles. The summed E-state index contributed by atoms with van der Waals surface area (Å²) in [4.78, 5) is 15.6. The molecule has 3 rings (SSSR count). The minimum Gasteiger partial charge on any atom is -0.373 e. The molecule has 0 unspecified atom stereocenters. The molecule has 0 radical (unpaired) electrons. The number of hydrogen-bond donors (Lipinski definition) is 1. The average Bonchev–Trinajstić information content (AvgIpc) is 2.95. The number of ether oxygens (including phenoxy) is 1. The highest BCUT2D eigenvalue weighted by Gasteiger charge is 2.49. The van der Waals surface area contributed by atoms with Crippen molar-refractivity contribution in [2.75, 3.05) is 19.6 Å². The number of nitrogens with one attached hydrogen (secondary N) is 1. The fourth-order valence-electron chi connectivity index (χ4n) is 4.19. The highest BCUT2D eigenvalue weighted by Crippen LogP contribution is 2.36. The van der Waals surface area contributed by atoms with Crippen molar-refractivity contribution in [1.29, 1.82) is 0 Å². The standard InChI is InChI=1S/C20H30N2O2/c1-4-5-10-21-19(23)20(22-13-15(2)24-16(3)14-22)11-17-8-6-7-9-18(17)12-20/h6-9,15-16H,4-5,10-14H2,1-3H3,(H,21,23)/t15-,16+. The van der Waals surface area contributed by atoms with Crippen molar-refractivity contribution >= 4 is 5.91 Å². The summed E-state index contributed by atoms with van der Waals surface area (Å²) in [6, 6.07) is 8.50. The molecule has 4 heteroatoms. The summed E-state index contributed by atoms with van der Waals surface area (Å²) < 4.78 is 5.90. The number of unbranched alkanes of at least 4 members (excludes halogenated alkanes) is 1. The Labute approximate surface area is 145 Å². The number of fused-ring (bicyclic) bond motifs is 1. The smallest absolute Gasteiger partial charge is 0.241 e. The Balaban J connectivity index is 1.86. The number of amides is 1. The number of carbonyl (C=O) groups excluding carboxylic acids is 1. The summed E-state index contributed by atoms with van der Waals surface area (Å²) in [6.45, 7) is 8.77. The third-order valence-corrected chi connectivity index (χ3v) is 5.35. The van der Waals surface area contributed by atoms with Crippen molar-refractivity contribution in [3.8, 4) is 0 Å². The van der Waals surface area contributed by atoms with Crippen LogP contribution in [-0.2, 0) is 22.4 Å². The zero-order valence-electron chi connectivity index (χ0n) is 15.2. The van der Waals surface area contributed by atoms with Gasteiger partial charge in [0.25, 0.3) is 0 Å². The first-order chi connectivity index (χ1) is 11.5. The molecule has 24 heavy (non-hydrogen) atoms. The second-order valence-corrected chi connectivity index (χ2v) is 7.43. The lowest BCUT2D eigenvalue weighted by atomic mass is 9.90. The summed E-state index contributed by atoms with van der Waals surface area (Å²) in [7, 11) is 0. The third-order valence-electron chi connectivity index (χ3n) is 5.35. The zero-order valence-corrected chi connectivity index (χ0v) is 15.2. The Morgan fingerprint density at radius 3 is 2.33 bits per heavy atom. The molecule has 1 aliphatic heterocycles. The number of carbonyl (C=O) groups is 1. The Kier molecular flexibility index (Phi) is 5.26. The first-order valence-electron chi connectivity index (χ1n) is 9.31. The maximum absolute atomic E-state index is 13.2. The minimum absolute atomic E-state index is 0.165. The van der Waals surface area contributed by atoms with Crippen molar-refractivity contribution in [2.45, 2.75) is 64.2 Å². The van der Waals surface area contributed by atoms with E-state index in [9.17, 15) is 4.79 Å². The number of hydrogen-bond acceptors (Lipinski definition) is 3. The van der Waals surface area contributed by atoms with E-state index in [0.717, 1.165) is 45.3 Å². The molecule has 1 amide bonds. The summed E-state index contributed by atoms with van der Waals surface area (Å²) in [5.41, 5.74) is 2.17. The normalized spacial score (nSPS) is 26.1. The molecular formula is C20H30N2O2. The Morgan fingerprint density at radius 1 is 1.21 bits per heavy atom. The van der Waals surface area contributed by atoms with Gasteiger partial charge in [0, 0.05) is 32.5 Å². The molecule has 2 atom stereocenters. The molecule has 1 saturated heterocycles. The summed E-state index contributed by atoms with van der Waals surface area (Å²) in [5.74, 6) is 0.188. The van der Waals surface area contributed by atoms with Gasteiger partial charge in [-0.05, 0) is 31.4 Å². The van der Waals surface area contributed by atoms with E-state index in [2.05, 4.69) is 55.3 Å². The van der Waals surface area contributed by atoms with Crippen LogP contribution < -0.4 is 5.32 Å². The molecule has 2 aliphatic rings. The lowest BCUT2D eigenvalue weighted by molar-refractivity contribution is -0.144. The third kappa shape index (κ3) is 3.35. The molecule has 1 aromatic rings. The predicted molar refractivity (Wildman–Crippen MR) is 96.1 cm³/mol. The van der Waals surface area contributed by atoms with E-state index in [4.69, 9.17) is 4.74 Å². The fraction of sp³-hybridized carbons (Fsp3) is 0.650. The first-order valence-corrected chi connectivity index (χ1v) is 9.31. The fourth-order valence-corrected chi connectivity index (χ4v) is 4.19. The van der Waals surface area contributed by atoms with Crippen LogP contribution in [0, 0.1) is 0 Å². The van der Waals surface area contributed by atoms with Crippen LogP contribution in [0.5, 0.6) is 0 Å². The number of nitrogens with zero attached hydrogens (tertiary/aromatic N) is 1. The Morgan fingerprint density at radius 2 is 1.79 bits per heavy atom. The van der Waals surface area contributed by atoms with Gasteiger partial charge in [0.2, 0.25) is 5.91 Å². The van der Waals surface area contributed by atoms with Gasteiger partial charge in [-0.3, -0.25) is 9.69 Å². The molecule has 0 aromatic heterocycles. The number of rotatable bonds is 5. The summed E-state index contributed by atoms with van der Waals surface area (Å²) >= 11 is 0. The average molecular weight is 330 g/mol. The lowest BCUT2D eigenvalue weighted by Gasteiger charge is -2.45. The van der Waals surface area contributed by atoms with Crippen LogP contribution in [-0.4, -0.2) is 48.2 Å². The number of benzene rings is 1. The monoisotopic (exact) mass is 330 g/mol. The quantitative estimate of drug-likeness (QED) is 0.844. The maximum Gasteiger partial charge on any atom is 0.241 e. The molecule has 0 bridgehead atoms. The van der Waals surface area contributed by atoms with Crippen molar-refractivity contribution in [3.05, 3.63) is 35.4 Å². The van der Waals surface area contributed by atoms with Crippen molar-refractivity contribution in [3.63, 3.8) is 0 Å². The van der Waals surface area contributed by atoms with Gasteiger partial charge in [0.15, 0.2) is 0 Å². The Hall–Kier alpha value is -1.39. The van der Waals surface area contributed by atoms with Gasteiger partial charge >= 0.3 is 0 Å². The highest BCUT2D eigenvalue weighted by molar-refractivity contribution is 5.88. The largest absolute Gasteiger partial charge is 0.373 e.